The van der Waals surface area contributed by atoms with Crippen molar-refractivity contribution in [1.82, 2.24) is 10.2 Å². The molecule has 0 radical (unpaired) electrons. The Balaban J connectivity index is 2.65. The SMILES string of the molecule is CCNC(C)(CCN(CC(C)C)C1CCCC1)C(=O)OC. The number of esters is 1. The lowest BCUT2D eigenvalue weighted by atomic mass is 9.96. The maximum atomic E-state index is 12.1. The van der Waals surface area contributed by atoms with E-state index in [1.54, 1.807) is 0 Å². The van der Waals surface area contributed by atoms with Crippen molar-refractivity contribution in [2.75, 3.05) is 26.7 Å². The molecule has 0 aromatic heterocycles. The molecule has 4 heteroatoms. The number of ether oxygens (including phenoxy) is 1. The number of carbonyl (C=O) groups excluding carboxylic acids is 1. The van der Waals surface area contributed by atoms with E-state index in [0.717, 1.165) is 26.1 Å². The van der Waals surface area contributed by atoms with Crippen LogP contribution in [-0.4, -0.2) is 49.2 Å². The molecule has 0 aromatic carbocycles. The Labute approximate surface area is 130 Å². The molecule has 1 rings (SSSR count). The van der Waals surface area contributed by atoms with Crippen molar-refractivity contribution in [3.8, 4) is 0 Å². The van der Waals surface area contributed by atoms with E-state index in [0.29, 0.717) is 12.0 Å². The van der Waals surface area contributed by atoms with E-state index >= 15 is 0 Å². The largest absolute Gasteiger partial charge is 0.468 e. The molecule has 0 aromatic rings. The van der Waals surface area contributed by atoms with Crippen molar-refractivity contribution in [1.29, 1.82) is 0 Å². The number of methoxy groups -OCH3 is 1. The predicted molar refractivity (Wildman–Crippen MR) is 87.4 cm³/mol. The van der Waals surface area contributed by atoms with Crippen molar-refractivity contribution >= 4 is 5.97 Å². The Morgan fingerprint density at radius 2 is 2.00 bits per heavy atom. The van der Waals surface area contributed by atoms with Crippen LogP contribution in [0.5, 0.6) is 0 Å². The summed E-state index contributed by atoms with van der Waals surface area (Å²) in [6, 6.07) is 0.705. The zero-order chi connectivity index (χ0) is 15.9. The van der Waals surface area contributed by atoms with Crippen LogP contribution in [0.25, 0.3) is 0 Å². The third kappa shape index (κ3) is 5.59. The predicted octanol–water partition coefficient (Wildman–Crippen LogP) is 2.82. The van der Waals surface area contributed by atoms with Crippen LogP contribution in [0.4, 0.5) is 0 Å². The van der Waals surface area contributed by atoms with Crippen molar-refractivity contribution in [3.05, 3.63) is 0 Å². The number of nitrogens with zero attached hydrogens (tertiary/aromatic N) is 1. The average molecular weight is 298 g/mol. The van der Waals surface area contributed by atoms with Gasteiger partial charge in [-0.15, -0.1) is 0 Å². The number of likely N-dealkylation sites (N-methyl/N-ethyl adjacent to an activating group) is 1. The van der Waals surface area contributed by atoms with E-state index in [-0.39, 0.29) is 5.97 Å². The molecule has 1 fully saturated rings. The first-order chi connectivity index (χ1) is 9.92. The van der Waals surface area contributed by atoms with Crippen LogP contribution in [0.2, 0.25) is 0 Å². The fourth-order valence-corrected chi connectivity index (χ4v) is 3.41. The van der Waals surface area contributed by atoms with Gasteiger partial charge in [-0.2, -0.15) is 0 Å². The van der Waals surface area contributed by atoms with Crippen LogP contribution in [0.1, 0.15) is 59.8 Å². The second kappa shape index (κ2) is 8.74. The van der Waals surface area contributed by atoms with E-state index in [2.05, 4.69) is 24.1 Å². The van der Waals surface area contributed by atoms with Gasteiger partial charge in [0.1, 0.15) is 5.54 Å². The molecule has 0 amide bonds. The average Bonchev–Trinajstić information content (AvgIpc) is 2.96. The molecular weight excluding hydrogens is 264 g/mol. The van der Waals surface area contributed by atoms with Gasteiger partial charge in [-0.1, -0.05) is 33.6 Å². The minimum Gasteiger partial charge on any atom is -0.468 e. The lowest BCUT2D eigenvalue weighted by molar-refractivity contribution is -0.148. The van der Waals surface area contributed by atoms with Crippen LogP contribution in [0.15, 0.2) is 0 Å². The summed E-state index contributed by atoms with van der Waals surface area (Å²) in [5, 5.41) is 3.31. The summed E-state index contributed by atoms with van der Waals surface area (Å²) in [7, 11) is 1.47. The summed E-state index contributed by atoms with van der Waals surface area (Å²) < 4.78 is 4.99. The first kappa shape index (κ1) is 18.4. The number of rotatable bonds is 9. The van der Waals surface area contributed by atoms with E-state index in [9.17, 15) is 4.79 Å². The van der Waals surface area contributed by atoms with Gasteiger partial charge in [0.05, 0.1) is 7.11 Å². The molecule has 1 N–H and O–H groups in total. The zero-order valence-electron chi connectivity index (χ0n) is 14.6. The fraction of sp³-hybridized carbons (Fsp3) is 0.941. The smallest absolute Gasteiger partial charge is 0.325 e. The number of hydrogen-bond donors (Lipinski definition) is 1. The standard InChI is InChI=1S/C17H34N2O2/c1-6-18-17(4,16(20)21-5)11-12-19(13-14(2)3)15-9-7-8-10-15/h14-15,18H,6-13H2,1-5H3. The summed E-state index contributed by atoms with van der Waals surface area (Å²) in [5.74, 6) is 0.509. The van der Waals surface area contributed by atoms with Crippen LogP contribution >= 0.6 is 0 Å². The first-order valence-corrected chi connectivity index (χ1v) is 8.50. The van der Waals surface area contributed by atoms with Gasteiger partial charge < -0.3 is 15.0 Å². The van der Waals surface area contributed by atoms with Crippen LogP contribution in [0, 0.1) is 5.92 Å². The fourth-order valence-electron chi connectivity index (χ4n) is 3.41. The van der Waals surface area contributed by atoms with E-state index in [1.807, 2.05) is 13.8 Å². The Morgan fingerprint density at radius 3 is 2.48 bits per heavy atom. The minimum absolute atomic E-state index is 0.153. The summed E-state index contributed by atoms with van der Waals surface area (Å²) in [6.45, 7) is 11.4. The molecular formula is C17H34N2O2. The van der Waals surface area contributed by atoms with Crippen LogP contribution in [0.3, 0.4) is 0 Å². The molecule has 0 saturated heterocycles. The second-order valence-corrected chi connectivity index (χ2v) is 6.93. The van der Waals surface area contributed by atoms with E-state index < -0.39 is 5.54 Å². The van der Waals surface area contributed by atoms with E-state index in [4.69, 9.17) is 4.74 Å². The molecule has 124 valence electrons. The first-order valence-electron chi connectivity index (χ1n) is 8.50. The number of nitrogens with one attached hydrogen (secondary N) is 1. The zero-order valence-corrected chi connectivity index (χ0v) is 14.6. The monoisotopic (exact) mass is 298 g/mol. The number of hydrogen-bond acceptors (Lipinski definition) is 4. The van der Waals surface area contributed by atoms with Crippen LogP contribution < -0.4 is 5.32 Å². The lowest BCUT2D eigenvalue weighted by Gasteiger charge is -2.34. The van der Waals surface area contributed by atoms with Gasteiger partial charge in [0.2, 0.25) is 0 Å². The molecule has 1 aliphatic rings. The Morgan fingerprint density at radius 1 is 1.38 bits per heavy atom. The minimum atomic E-state index is -0.572. The summed E-state index contributed by atoms with van der Waals surface area (Å²) in [4.78, 5) is 14.7. The highest BCUT2D eigenvalue weighted by Crippen LogP contribution is 2.25. The Kier molecular flexibility index (Phi) is 7.67. The molecule has 1 atom stereocenters. The highest BCUT2D eigenvalue weighted by Gasteiger charge is 2.34. The Hall–Kier alpha value is -0.610. The van der Waals surface area contributed by atoms with E-state index in [1.165, 1.54) is 32.8 Å². The van der Waals surface area contributed by atoms with Gasteiger partial charge in [-0.25, -0.2) is 0 Å². The summed E-state index contributed by atoms with van der Waals surface area (Å²) in [5.41, 5.74) is -0.572. The molecule has 0 bridgehead atoms. The highest BCUT2D eigenvalue weighted by atomic mass is 16.5. The third-order valence-corrected chi connectivity index (χ3v) is 4.54. The quantitative estimate of drug-likeness (QED) is 0.665. The van der Waals surface area contributed by atoms with Gasteiger partial charge in [-0.3, -0.25) is 4.79 Å². The summed E-state index contributed by atoms with van der Waals surface area (Å²) >= 11 is 0. The van der Waals surface area contributed by atoms with Crippen molar-refractivity contribution in [2.24, 2.45) is 5.92 Å². The third-order valence-electron chi connectivity index (χ3n) is 4.54. The van der Waals surface area contributed by atoms with Crippen molar-refractivity contribution in [2.45, 2.75) is 71.4 Å². The number of carbonyl (C=O) groups is 1. The molecule has 1 saturated carbocycles. The van der Waals surface area contributed by atoms with Gasteiger partial charge >= 0.3 is 5.97 Å². The molecule has 4 nitrogen and oxygen atoms in total. The molecule has 0 heterocycles. The van der Waals surface area contributed by atoms with Gasteiger partial charge in [0, 0.05) is 19.1 Å². The lowest BCUT2D eigenvalue weighted by Crippen LogP contribution is -2.52. The Bertz CT molecular complexity index is 314. The van der Waals surface area contributed by atoms with Crippen molar-refractivity contribution < 1.29 is 9.53 Å². The molecule has 1 aliphatic carbocycles. The van der Waals surface area contributed by atoms with Crippen LogP contribution in [-0.2, 0) is 9.53 Å². The molecule has 0 spiro atoms. The second-order valence-electron chi connectivity index (χ2n) is 6.93. The maximum absolute atomic E-state index is 12.1. The topological polar surface area (TPSA) is 41.6 Å². The molecule has 0 aliphatic heterocycles. The maximum Gasteiger partial charge on any atom is 0.325 e. The normalized spacial score (nSPS) is 19.2. The highest BCUT2D eigenvalue weighted by molar-refractivity contribution is 5.80. The van der Waals surface area contributed by atoms with Gasteiger partial charge in [0.25, 0.3) is 0 Å². The molecule has 21 heavy (non-hydrogen) atoms. The van der Waals surface area contributed by atoms with Gasteiger partial charge in [-0.05, 0) is 38.6 Å². The molecule has 1 unspecified atom stereocenters. The van der Waals surface area contributed by atoms with Crippen molar-refractivity contribution in [3.63, 3.8) is 0 Å². The van der Waals surface area contributed by atoms with Gasteiger partial charge in [0.15, 0.2) is 0 Å². The summed E-state index contributed by atoms with van der Waals surface area (Å²) in [6.07, 6.45) is 6.12.